The maximum Gasteiger partial charge on any atom is 0.193 e. The number of rotatable bonds is 4. The highest BCUT2D eigenvalue weighted by molar-refractivity contribution is 5.80. The molecular formula is C14H23N5O. The van der Waals surface area contributed by atoms with Crippen molar-refractivity contribution in [1.82, 2.24) is 20.3 Å². The quantitative estimate of drug-likeness (QED) is 0.651. The largest absolute Gasteiger partial charge is 0.364 e. The van der Waals surface area contributed by atoms with Gasteiger partial charge in [0.15, 0.2) is 5.96 Å². The number of hydrogen-bond donors (Lipinski definition) is 1. The molecule has 2 heterocycles. The average molecular weight is 277 g/mol. The number of guanidine groups is 1. The molecule has 6 heteroatoms. The summed E-state index contributed by atoms with van der Waals surface area (Å²) in [4.78, 5) is 9.15. The topological polar surface area (TPSA) is 56.9 Å². The second kappa shape index (κ2) is 6.26. The van der Waals surface area contributed by atoms with Crippen molar-refractivity contribution in [2.45, 2.75) is 19.4 Å². The fourth-order valence-electron chi connectivity index (χ4n) is 2.56. The van der Waals surface area contributed by atoms with Crippen LogP contribution in [-0.4, -0.2) is 60.7 Å². The van der Waals surface area contributed by atoms with Gasteiger partial charge in [-0.05, 0) is 18.8 Å². The molecule has 110 valence electrons. The normalized spacial score (nSPS) is 21.2. The summed E-state index contributed by atoms with van der Waals surface area (Å²) in [5.41, 5.74) is 1.01. The van der Waals surface area contributed by atoms with Gasteiger partial charge in [-0.1, -0.05) is 5.16 Å². The summed E-state index contributed by atoms with van der Waals surface area (Å²) in [7, 11) is 1.87. The average Bonchev–Trinajstić information content (AvgIpc) is 3.17. The lowest BCUT2D eigenvalue weighted by molar-refractivity contribution is 0.169. The van der Waals surface area contributed by atoms with Crippen molar-refractivity contribution in [2.24, 2.45) is 10.9 Å². The molecule has 1 N–H and O–H groups in total. The Balaban J connectivity index is 1.44. The maximum absolute atomic E-state index is 4.88. The van der Waals surface area contributed by atoms with Gasteiger partial charge >= 0.3 is 0 Å². The molecule has 1 aliphatic heterocycles. The van der Waals surface area contributed by atoms with E-state index in [4.69, 9.17) is 4.52 Å². The highest BCUT2D eigenvalue weighted by Gasteiger charge is 2.24. The van der Waals surface area contributed by atoms with Crippen LogP contribution in [-0.2, 0) is 6.54 Å². The Labute approximate surface area is 119 Å². The summed E-state index contributed by atoms with van der Waals surface area (Å²) in [6.07, 6.45) is 4.38. The van der Waals surface area contributed by atoms with Crippen LogP contribution in [0.15, 0.2) is 21.8 Å². The maximum atomic E-state index is 4.88. The second-order valence-electron chi connectivity index (χ2n) is 5.63. The van der Waals surface area contributed by atoms with E-state index in [2.05, 4.69) is 25.3 Å². The summed E-state index contributed by atoms with van der Waals surface area (Å²) < 4.78 is 4.88. The number of aromatic nitrogens is 1. The zero-order chi connectivity index (χ0) is 13.8. The van der Waals surface area contributed by atoms with Crippen molar-refractivity contribution in [3.05, 3.63) is 18.0 Å². The van der Waals surface area contributed by atoms with E-state index in [0.717, 1.165) is 56.8 Å². The van der Waals surface area contributed by atoms with Gasteiger partial charge in [-0.15, -0.1) is 0 Å². The molecule has 2 fully saturated rings. The number of hydrogen-bond acceptors (Lipinski definition) is 4. The van der Waals surface area contributed by atoms with Gasteiger partial charge in [0.05, 0.1) is 5.69 Å². The molecule has 2 aliphatic rings. The number of nitrogens with one attached hydrogen (secondary N) is 1. The number of aliphatic imine (C=N–C) groups is 1. The van der Waals surface area contributed by atoms with Gasteiger partial charge in [-0.2, -0.15) is 0 Å². The third kappa shape index (κ3) is 3.50. The minimum atomic E-state index is 0.873. The van der Waals surface area contributed by atoms with Gasteiger partial charge in [0, 0.05) is 52.4 Å². The molecular weight excluding hydrogens is 254 g/mol. The van der Waals surface area contributed by atoms with E-state index in [-0.39, 0.29) is 0 Å². The highest BCUT2D eigenvalue weighted by Crippen LogP contribution is 2.27. The van der Waals surface area contributed by atoms with E-state index < -0.39 is 0 Å². The van der Waals surface area contributed by atoms with E-state index in [1.807, 2.05) is 13.1 Å². The summed E-state index contributed by atoms with van der Waals surface area (Å²) in [5, 5.41) is 7.46. The van der Waals surface area contributed by atoms with Crippen molar-refractivity contribution < 1.29 is 4.52 Å². The van der Waals surface area contributed by atoms with E-state index in [1.54, 1.807) is 6.26 Å². The molecule has 0 unspecified atom stereocenters. The van der Waals surface area contributed by atoms with Crippen LogP contribution in [0.5, 0.6) is 0 Å². The van der Waals surface area contributed by atoms with Gasteiger partial charge in [0.25, 0.3) is 0 Å². The monoisotopic (exact) mass is 277 g/mol. The molecule has 0 atom stereocenters. The molecule has 1 aliphatic carbocycles. The van der Waals surface area contributed by atoms with Crippen LogP contribution in [0.2, 0.25) is 0 Å². The Bertz CT molecular complexity index is 432. The summed E-state index contributed by atoms with van der Waals surface area (Å²) >= 11 is 0. The lowest BCUT2D eigenvalue weighted by atomic mass is 10.3. The fourth-order valence-corrected chi connectivity index (χ4v) is 2.56. The summed E-state index contributed by atoms with van der Waals surface area (Å²) in [5.74, 6) is 1.93. The van der Waals surface area contributed by atoms with Gasteiger partial charge in [-0.25, -0.2) is 0 Å². The Morgan fingerprint density at radius 3 is 2.80 bits per heavy atom. The summed E-state index contributed by atoms with van der Waals surface area (Å²) in [6, 6.07) is 1.93. The second-order valence-corrected chi connectivity index (χ2v) is 5.63. The van der Waals surface area contributed by atoms with E-state index in [9.17, 15) is 0 Å². The van der Waals surface area contributed by atoms with E-state index in [0.29, 0.717) is 0 Å². The standard InChI is InChI=1S/C14H23N5O/c1-15-14(16-10-12-2-3-12)19-7-5-18(6-8-19)11-13-4-9-20-17-13/h4,9,12H,2-3,5-8,10-11H2,1H3,(H,15,16). The van der Waals surface area contributed by atoms with Crippen LogP contribution < -0.4 is 5.32 Å². The molecule has 20 heavy (non-hydrogen) atoms. The lowest BCUT2D eigenvalue weighted by Crippen LogP contribution is -2.52. The minimum Gasteiger partial charge on any atom is -0.364 e. The van der Waals surface area contributed by atoms with Crippen molar-refractivity contribution in [1.29, 1.82) is 0 Å². The molecule has 1 aromatic rings. The SMILES string of the molecule is CN=C(NCC1CC1)N1CCN(Cc2ccon2)CC1. The van der Waals surface area contributed by atoms with Crippen molar-refractivity contribution in [2.75, 3.05) is 39.8 Å². The first-order valence-electron chi connectivity index (χ1n) is 7.42. The molecule has 6 nitrogen and oxygen atoms in total. The molecule has 1 saturated heterocycles. The third-order valence-corrected chi connectivity index (χ3v) is 4.01. The Morgan fingerprint density at radius 1 is 1.40 bits per heavy atom. The minimum absolute atomic E-state index is 0.873. The molecule has 0 amide bonds. The Hall–Kier alpha value is -1.56. The van der Waals surface area contributed by atoms with E-state index >= 15 is 0 Å². The predicted molar refractivity (Wildman–Crippen MR) is 77.4 cm³/mol. The molecule has 0 radical (unpaired) electrons. The van der Waals surface area contributed by atoms with Gasteiger partial charge in [0.1, 0.15) is 6.26 Å². The van der Waals surface area contributed by atoms with Crippen LogP contribution in [0.25, 0.3) is 0 Å². The van der Waals surface area contributed by atoms with Crippen LogP contribution in [0.3, 0.4) is 0 Å². The van der Waals surface area contributed by atoms with Crippen LogP contribution in [0.4, 0.5) is 0 Å². The van der Waals surface area contributed by atoms with E-state index in [1.165, 1.54) is 12.8 Å². The zero-order valence-electron chi connectivity index (χ0n) is 12.1. The van der Waals surface area contributed by atoms with Crippen LogP contribution in [0.1, 0.15) is 18.5 Å². The van der Waals surface area contributed by atoms with Gasteiger partial charge in [0.2, 0.25) is 0 Å². The molecule has 1 aromatic heterocycles. The van der Waals surface area contributed by atoms with Crippen LogP contribution >= 0.6 is 0 Å². The van der Waals surface area contributed by atoms with Crippen molar-refractivity contribution in [3.63, 3.8) is 0 Å². The fraction of sp³-hybridized carbons (Fsp3) is 0.714. The zero-order valence-corrected chi connectivity index (χ0v) is 12.1. The predicted octanol–water partition coefficient (Wildman–Crippen LogP) is 0.778. The number of nitrogens with zero attached hydrogens (tertiary/aromatic N) is 4. The Morgan fingerprint density at radius 2 is 2.20 bits per heavy atom. The van der Waals surface area contributed by atoms with Crippen molar-refractivity contribution >= 4 is 5.96 Å². The molecule has 0 bridgehead atoms. The molecule has 0 spiro atoms. The van der Waals surface area contributed by atoms with Crippen molar-refractivity contribution in [3.8, 4) is 0 Å². The summed E-state index contributed by atoms with van der Waals surface area (Å²) in [6.45, 7) is 6.06. The van der Waals surface area contributed by atoms with Crippen LogP contribution in [0, 0.1) is 5.92 Å². The highest BCUT2D eigenvalue weighted by atomic mass is 16.5. The number of piperazine rings is 1. The Kier molecular flexibility index (Phi) is 4.20. The first kappa shape index (κ1) is 13.4. The molecule has 1 saturated carbocycles. The smallest absolute Gasteiger partial charge is 0.193 e. The molecule has 0 aromatic carbocycles. The van der Waals surface area contributed by atoms with Gasteiger partial charge in [-0.3, -0.25) is 9.89 Å². The molecule has 3 rings (SSSR count). The lowest BCUT2D eigenvalue weighted by Gasteiger charge is -2.36. The van der Waals surface area contributed by atoms with Gasteiger partial charge < -0.3 is 14.7 Å². The first-order chi connectivity index (χ1) is 9.85. The first-order valence-corrected chi connectivity index (χ1v) is 7.42. The third-order valence-electron chi connectivity index (χ3n) is 4.01.